The number of rotatable bonds is 2. The van der Waals surface area contributed by atoms with Crippen LogP contribution in [0.5, 0.6) is 0 Å². The molecule has 0 amide bonds. The van der Waals surface area contributed by atoms with Gasteiger partial charge in [-0.25, -0.2) is 0 Å². The highest BCUT2D eigenvalue weighted by atomic mass is 16.7. The van der Waals surface area contributed by atoms with E-state index in [1.165, 1.54) is 0 Å². The molecule has 2 aliphatic heterocycles. The van der Waals surface area contributed by atoms with E-state index in [1.807, 2.05) is 140 Å². The van der Waals surface area contributed by atoms with Gasteiger partial charge >= 0.3 is 0 Å². The number of anilines is 1. The molecule has 5 rings (SSSR count). The highest BCUT2D eigenvalue weighted by Gasteiger charge is 2.29. The lowest BCUT2D eigenvalue weighted by Gasteiger charge is -2.18. The Labute approximate surface area is 217 Å². The number of allylic oxidation sites excluding steroid dienone is 20. The van der Waals surface area contributed by atoms with Crippen LogP contribution in [0.4, 0.5) is 5.69 Å². The molecule has 0 radical (unpaired) electrons. The van der Waals surface area contributed by atoms with E-state index in [0.717, 1.165) is 22.6 Å². The van der Waals surface area contributed by atoms with Gasteiger partial charge in [-0.3, -0.25) is 0 Å². The number of benzene rings is 1. The highest BCUT2D eigenvalue weighted by molar-refractivity contribution is 5.52. The Hall–Kier alpha value is -4.90. The molecule has 2 atom stereocenters. The normalized spacial score (nSPS) is 29.2. The van der Waals surface area contributed by atoms with Crippen molar-refractivity contribution in [1.29, 1.82) is 0 Å². The van der Waals surface area contributed by atoms with E-state index in [1.54, 1.807) is 0 Å². The SMILES string of the molecule is Nc1cc(C2NC3=C(\C=C/C=C\C=C/C=C\C=C3)O2)ccc1C1OC2=C(\C=C/C=C\C=C/C=C\C=C2)O1. The first-order valence-corrected chi connectivity index (χ1v) is 12.1. The van der Waals surface area contributed by atoms with E-state index in [9.17, 15) is 0 Å². The molecular weight excluding hydrogens is 460 g/mol. The number of ether oxygens (including phenoxy) is 3. The van der Waals surface area contributed by atoms with Crippen LogP contribution >= 0.6 is 0 Å². The minimum absolute atomic E-state index is 0.367. The molecule has 0 spiro atoms. The fourth-order valence-corrected chi connectivity index (χ4v) is 3.91. The Morgan fingerprint density at radius 1 is 0.541 bits per heavy atom. The zero-order valence-corrected chi connectivity index (χ0v) is 20.2. The minimum Gasteiger partial charge on any atom is -0.464 e. The summed E-state index contributed by atoms with van der Waals surface area (Å²) in [4.78, 5) is 0. The van der Waals surface area contributed by atoms with Gasteiger partial charge < -0.3 is 25.3 Å². The molecule has 0 saturated carbocycles. The molecule has 184 valence electrons. The molecule has 2 aliphatic carbocycles. The molecule has 1 aromatic rings. The van der Waals surface area contributed by atoms with Gasteiger partial charge in [0.1, 0.15) is 5.76 Å². The molecule has 0 aromatic heterocycles. The van der Waals surface area contributed by atoms with Crippen molar-refractivity contribution >= 4 is 5.69 Å². The fourth-order valence-electron chi connectivity index (χ4n) is 3.91. The summed E-state index contributed by atoms with van der Waals surface area (Å²) in [6.07, 6.45) is 38.0. The van der Waals surface area contributed by atoms with Crippen molar-refractivity contribution in [3.8, 4) is 0 Å². The van der Waals surface area contributed by atoms with Crippen LogP contribution in [0.2, 0.25) is 0 Å². The second kappa shape index (κ2) is 11.7. The molecule has 2 heterocycles. The van der Waals surface area contributed by atoms with E-state index in [4.69, 9.17) is 19.9 Å². The zero-order chi connectivity index (χ0) is 25.3. The van der Waals surface area contributed by atoms with Gasteiger partial charge in [-0.1, -0.05) is 103 Å². The molecule has 37 heavy (non-hydrogen) atoms. The van der Waals surface area contributed by atoms with E-state index in [-0.39, 0.29) is 6.23 Å². The molecule has 3 N–H and O–H groups in total. The van der Waals surface area contributed by atoms with Crippen molar-refractivity contribution in [2.45, 2.75) is 12.5 Å². The van der Waals surface area contributed by atoms with E-state index in [0.29, 0.717) is 17.2 Å². The summed E-state index contributed by atoms with van der Waals surface area (Å²) in [5.41, 5.74) is 9.60. The van der Waals surface area contributed by atoms with Gasteiger partial charge in [-0.05, 0) is 36.4 Å². The first-order chi connectivity index (χ1) is 18.3. The summed E-state index contributed by atoms with van der Waals surface area (Å²) >= 11 is 0. The van der Waals surface area contributed by atoms with Crippen LogP contribution in [-0.4, -0.2) is 0 Å². The van der Waals surface area contributed by atoms with Gasteiger partial charge in [0, 0.05) is 11.3 Å². The van der Waals surface area contributed by atoms with Crippen LogP contribution in [0.3, 0.4) is 0 Å². The Kier molecular flexibility index (Phi) is 7.53. The molecule has 0 bridgehead atoms. The molecule has 5 heteroatoms. The fraction of sp³-hybridized carbons (Fsp3) is 0.0625. The molecule has 2 unspecified atom stereocenters. The maximum atomic E-state index is 6.49. The average molecular weight is 489 g/mol. The van der Waals surface area contributed by atoms with Gasteiger partial charge in [0.25, 0.3) is 6.29 Å². The van der Waals surface area contributed by atoms with Crippen molar-refractivity contribution in [3.05, 3.63) is 174 Å². The molecule has 0 saturated heterocycles. The smallest absolute Gasteiger partial charge is 0.269 e. The van der Waals surface area contributed by atoms with Crippen molar-refractivity contribution in [2.24, 2.45) is 0 Å². The number of nitrogens with one attached hydrogen (secondary N) is 1. The third-order valence-corrected chi connectivity index (χ3v) is 5.74. The average Bonchev–Trinajstić information content (AvgIpc) is 3.48. The van der Waals surface area contributed by atoms with Crippen LogP contribution < -0.4 is 11.1 Å². The first kappa shape index (κ1) is 23.8. The van der Waals surface area contributed by atoms with E-state index < -0.39 is 6.29 Å². The predicted octanol–water partition coefficient (Wildman–Crippen LogP) is 6.95. The maximum absolute atomic E-state index is 6.49. The molecular formula is C32H28N2O3. The molecule has 4 aliphatic rings. The third-order valence-electron chi connectivity index (χ3n) is 5.74. The lowest BCUT2D eigenvalue weighted by Crippen LogP contribution is -2.15. The summed E-state index contributed by atoms with van der Waals surface area (Å²) in [5.74, 6) is 2.05. The van der Waals surface area contributed by atoms with Gasteiger partial charge in [0.05, 0.1) is 11.3 Å². The Bertz CT molecular complexity index is 1310. The van der Waals surface area contributed by atoms with Gasteiger partial charge in [-0.15, -0.1) is 0 Å². The monoisotopic (exact) mass is 488 g/mol. The Morgan fingerprint density at radius 2 is 1.03 bits per heavy atom. The Morgan fingerprint density at radius 3 is 1.57 bits per heavy atom. The van der Waals surface area contributed by atoms with Crippen LogP contribution in [0.25, 0.3) is 0 Å². The van der Waals surface area contributed by atoms with Crippen LogP contribution in [0.1, 0.15) is 23.6 Å². The first-order valence-electron chi connectivity index (χ1n) is 12.1. The highest BCUT2D eigenvalue weighted by Crippen LogP contribution is 2.38. The number of hydrogen-bond donors (Lipinski definition) is 2. The van der Waals surface area contributed by atoms with E-state index in [2.05, 4.69) is 5.32 Å². The number of nitrogen functional groups attached to an aromatic ring is 1. The summed E-state index contributed by atoms with van der Waals surface area (Å²) in [6.45, 7) is 0. The van der Waals surface area contributed by atoms with Crippen LogP contribution in [-0.2, 0) is 14.2 Å². The summed E-state index contributed by atoms with van der Waals surface area (Å²) in [7, 11) is 0. The molecule has 5 nitrogen and oxygen atoms in total. The van der Waals surface area contributed by atoms with Crippen molar-refractivity contribution in [3.63, 3.8) is 0 Å². The minimum atomic E-state index is -0.640. The molecule has 1 aromatic carbocycles. The van der Waals surface area contributed by atoms with Crippen molar-refractivity contribution in [1.82, 2.24) is 5.32 Å². The summed E-state index contributed by atoms with van der Waals surface area (Å²) in [5, 5.41) is 3.43. The topological polar surface area (TPSA) is 65.7 Å². The third kappa shape index (κ3) is 6.03. The standard InChI is InChI=1S/C32H28N2O3/c33-26-23-24(31-34-27-17-13-9-5-1-2-6-10-14-18-28(27)35-31)21-22-25(26)32-36-29-19-15-11-7-3-4-8-12-16-20-30(29)37-32/h1-23,31-32,34H,33H2/b2-1-,4-3-,5-1?,6-2?,7-3?,8-4?,9-5-,10-6-,11-7-,12-8-,13-9?,14-10?,15-11?,16-12?,17-13?,18-14-,19-15-,20-16?,27-17?,28-18?,29-19?,30-20?. The maximum Gasteiger partial charge on any atom is 0.269 e. The summed E-state index contributed by atoms with van der Waals surface area (Å²) in [6, 6.07) is 5.80. The second-order valence-electron chi connectivity index (χ2n) is 8.35. The predicted molar refractivity (Wildman–Crippen MR) is 148 cm³/mol. The van der Waals surface area contributed by atoms with Crippen LogP contribution in [0.15, 0.2) is 163 Å². The number of hydrogen-bond acceptors (Lipinski definition) is 5. The van der Waals surface area contributed by atoms with E-state index >= 15 is 0 Å². The largest absolute Gasteiger partial charge is 0.464 e. The zero-order valence-electron chi connectivity index (χ0n) is 20.2. The summed E-state index contributed by atoms with van der Waals surface area (Å²) < 4.78 is 18.5. The van der Waals surface area contributed by atoms with Gasteiger partial charge in [0.15, 0.2) is 17.7 Å². The van der Waals surface area contributed by atoms with Crippen LogP contribution in [0, 0.1) is 0 Å². The second-order valence-corrected chi connectivity index (χ2v) is 8.35. The lowest BCUT2D eigenvalue weighted by molar-refractivity contribution is -0.0357. The lowest BCUT2D eigenvalue weighted by atomic mass is 10.1. The van der Waals surface area contributed by atoms with Crippen molar-refractivity contribution in [2.75, 3.05) is 5.73 Å². The molecule has 0 fully saturated rings. The quantitative estimate of drug-likeness (QED) is 0.441. The van der Waals surface area contributed by atoms with Gasteiger partial charge in [-0.2, -0.15) is 0 Å². The van der Waals surface area contributed by atoms with Gasteiger partial charge in [0.2, 0.25) is 0 Å². The van der Waals surface area contributed by atoms with Crippen molar-refractivity contribution < 1.29 is 14.2 Å². The Balaban J connectivity index is 1.32. The number of nitrogens with two attached hydrogens (primary N) is 1.